The summed E-state index contributed by atoms with van der Waals surface area (Å²) in [5, 5.41) is 6.63. The van der Waals surface area contributed by atoms with Crippen molar-refractivity contribution in [3.63, 3.8) is 0 Å². The van der Waals surface area contributed by atoms with Crippen LogP contribution in [-0.2, 0) is 4.74 Å². The Bertz CT molecular complexity index is 430. The van der Waals surface area contributed by atoms with E-state index < -0.39 is 0 Å². The molecule has 21 heavy (non-hydrogen) atoms. The van der Waals surface area contributed by atoms with Gasteiger partial charge in [-0.1, -0.05) is 0 Å². The molecule has 0 amide bonds. The Morgan fingerprint density at radius 3 is 2.90 bits per heavy atom. The van der Waals surface area contributed by atoms with Gasteiger partial charge >= 0.3 is 5.97 Å². The average molecular weight is 292 g/mol. The van der Waals surface area contributed by atoms with Crippen LogP contribution in [-0.4, -0.2) is 61.7 Å². The third-order valence-corrected chi connectivity index (χ3v) is 3.44. The third-order valence-electron chi connectivity index (χ3n) is 3.44. The smallest absolute Gasteiger partial charge is 0.339 e. The first-order valence-corrected chi connectivity index (χ1v) is 7.59. The van der Waals surface area contributed by atoms with Gasteiger partial charge in [-0.05, 0) is 32.0 Å². The molecule has 0 aromatic carbocycles. The van der Waals surface area contributed by atoms with Gasteiger partial charge in [-0.3, -0.25) is 0 Å². The van der Waals surface area contributed by atoms with Gasteiger partial charge in [0.25, 0.3) is 0 Å². The first-order valence-electron chi connectivity index (χ1n) is 7.59. The minimum Gasteiger partial charge on any atom is -0.462 e. The van der Waals surface area contributed by atoms with Crippen molar-refractivity contribution in [2.45, 2.75) is 13.3 Å². The summed E-state index contributed by atoms with van der Waals surface area (Å²) in [4.78, 5) is 18.2. The molecule has 1 aliphatic heterocycles. The standard InChI is InChI=1S/C15H24N4O2/c1-2-21-15(20)13-4-5-14(18-12-13)17-6-3-9-19-10-7-16-8-11-19/h4-5,12,16H,2-3,6-11H2,1H3,(H,17,18). The molecule has 2 rings (SSSR count). The van der Waals surface area contributed by atoms with Crippen molar-refractivity contribution in [2.75, 3.05) is 51.2 Å². The number of rotatable bonds is 7. The number of anilines is 1. The summed E-state index contributed by atoms with van der Waals surface area (Å²) in [5.74, 6) is 0.471. The fraction of sp³-hybridized carbons (Fsp3) is 0.600. The Kier molecular flexibility index (Phi) is 6.43. The lowest BCUT2D eigenvalue weighted by atomic mass is 10.3. The molecule has 1 fully saturated rings. The number of hydrogen-bond acceptors (Lipinski definition) is 6. The van der Waals surface area contributed by atoms with Crippen LogP contribution in [0.5, 0.6) is 0 Å². The third kappa shape index (κ3) is 5.32. The van der Waals surface area contributed by atoms with E-state index in [1.54, 1.807) is 19.2 Å². The molecule has 1 aromatic heterocycles. The topological polar surface area (TPSA) is 66.5 Å². The summed E-state index contributed by atoms with van der Waals surface area (Å²) in [5.41, 5.74) is 0.489. The Hall–Kier alpha value is -1.66. The maximum Gasteiger partial charge on any atom is 0.339 e. The molecule has 1 saturated heterocycles. The van der Waals surface area contributed by atoms with Gasteiger partial charge in [0.15, 0.2) is 0 Å². The zero-order valence-electron chi connectivity index (χ0n) is 12.6. The maximum atomic E-state index is 11.5. The molecular formula is C15H24N4O2. The molecule has 116 valence electrons. The van der Waals surface area contributed by atoms with Gasteiger partial charge in [-0.2, -0.15) is 0 Å². The molecule has 6 nitrogen and oxygen atoms in total. The normalized spacial score (nSPS) is 15.7. The van der Waals surface area contributed by atoms with Crippen LogP contribution >= 0.6 is 0 Å². The van der Waals surface area contributed by atoms with Gasteiger partial charge < -0.3 is 20.3 Å². The van der Waals surface area contributed by atoms with E-state index in [0.29, 0.717) is 12.2 Å². The molecule has 2 N–H and O–H groups in total. The first kappa shape index (κ1) is 15.7. The van der Waals surface area contributed by atoms with Crippen LogP contribution in [0.1, 0.15) is 23.7 Å². The average Bonchev–Trinajstić information content (AvgIpc) is 2.53. The van der Waals surface area contributed by atoms with Crippen molar-refractivity contribution < 1.29 is 9.53 Å². The van der Waals surface area contributed by atoms with Crippen molar-refractivity contribution in [1.82, 2.24) is 15.2 Å². The predicted molar refractivity (Wildman–Crippen MR) is 82.6 cm³/mol. The van der Waals surface area contributed by atoms with E-state index in [2.05, 4.69) is 20.5 Å². The molecular weight excluding hydrogens is 268 g/mol. The van der Waals surface area contributed by atoms with Gasteiger partial charge in [0.05, 0.1) is 12.2 Å². The maximum absolute atomic E-state index is 11.5. The van der Waals surface area contributed by atoms with Gasteiger partial charge in [0, 0.05) is 38.9 Å². The Morgan fingerprint density at radius 2 is 2.24 bits per heavy atom. The molecule has 0 saturated carbocycles. The quantitative estimate of drug-likeness (QED) is 0.576. The second kappa shape index (κ2) is 8.59. The zero-order valence-corrected chi connectivity index (χ0v) is 12.6. The second-order valence-electron chi connectivity index (χ2n) is 5.02. The first-order chi connectivity index (χ1) is 10.3. The SMILES string of the molecule is CCOC(=O)c1ccc(NCCCN2CCNCC2)nc1. The summed E-state index contributed by atoms with van der Waals surface area (Å²) in [6.07, 6.45) is 2.64. The van der Waals surface area contributed by atoms with Crippen LogP contribution in [0.15, 0.2) is 18.3 Å². The van der Waals surface area contributed by atoms with Gasteiger partial charge in [0.2, 0.25) is 0 Å². The fourth-order valence-electron chi connectivity index (χ4n) is 2.29. The number of carbonyl (C=O) groups is 1. The summed E-state index contributed by atoms with van der Waals surface area (Å²) in [6.45, 7) is 8.60. The summed E-state index contributed by atoms with van der Waals surface area (Å²) < 4.78 is 4.92. The van der Waals surface area contributed by atoms with Crippen molar-refractivity contribution in [3.8, 4) is 0 Å². The van der Waals surface area contributed by atoms with Gasteiger partial charge in [-0.15, -0.1) is 0 Å². The van der Waals surface area contributed by atoms with E-state index in [1.165, 1.54) is 0 Å². The Balaban J connectivity index is 1.67. The van der Waals surface area contributed by atoms with E-state index >= 15 is 0 Å². The number of nitrogens with one attached hydrogen (secondary N) is 2. The van der Waals surface area contributed by atoms with Crippen LogP contribution < -0.4 is 10.6 Å². The summed E-state index contributed by atoms with van der Waals surface area (Å²) in [6, 6.07) is 3.56. The molecule has 1 aromatic rings. The molecule has 0 aliphatic carbocycles. The summed E-state index contributed by atoms with van der Waals surface area (Å²) in [7, 11) is 0. The highest BCUT2D eigenvalue weighted by molar-refractivity contribution is 5.89. The van der Waals surface area contributed by atoms with E-state index in [0.717, 1.165) is 51.5 Å². The van der Waals surface area contributed by atoms with E-state index in [-0.39, 0.29) is 5.97 Å². The fourth-order valence-corrected chi connectivity index (χ4v) is 2.29. The minimum absolute atomic E-state index is 0.324. The second-order valence-corrected chi connectivity index (χ2v) is 5.02. The molecule has 0 radical (unpaired) electrons. The summed E-state index contributed by atoms with van der Waals surface area (Å²) >= 11 is 0. The minimum atomic E-state index is -0.324. The number of carbonyl (C=O) groups excluding carboxylic acids is 1. The number of aromatic nitrogens is 1. The molecule has 1 aliphatic rings. The lowest BCUT2D eigenvalue weighted by Crippen LogP contribution is -2.44. The van der Waals surface area contributed by atoms with Crippen molar-refractivity contribution in [2.24, 2.45) is 0 Å². The van der Waals surface area contributed by atoms with Crippen LogP contribution in [0.3, 0.4) is 0 Å². The zero-order chi connectivity index (χ0) is 14.9. The highest BCUT2D eigenvalue weighted by atomic mass is 16.5. The van der Waals surface area contributed by atoms with E-state index in [9.17, 15) is 4.79 Å². The van der Waals surface area contributed by atoms with E-state index in [1.807, 2.05) is 6.07 Å². The van der Waals surface area contributed by atoms with Crippen molar-refractivity contribution in [1.29, 1.82) is 0 Å². The lowest BCUT2D eigenvalue weighted by molar-refractivity contribution is 0.0526. The molecule has 0 bridgehead atoms. The van der Waals surface area contributed by atoms with Crippen LogP contribution in [0.25, 0.3) is 0 Å². The van der Waals surface area contributed by atoms with Crippen LogP contribution in [0, 0.1) is 0 Å². The molecule has 2 heterocycles. The Labute approximate surface area is 125 Å². The highest BCUT2D eigenvalue weighted by Crippen LogP contribution is 2.06. The monoisotopic (exact) mass is 292 g/mol. The van der Waals surface area contributed by atoms with Gasteiger partial charge in [-0.25, -0.2) is 9.78 Å². The molecule has 0 atom stereocenters. The number of pyridine rings is 1. The number of nitrogens with zero attached hydrogens (tertiary/aromatic N) is 2. The van der Waals surface area contributed by atoms with Gasteiger partial charge in [0.1, 0.15) is 5.82 Å². The number of ether oxygens (including phenoxy) is 1. The number of hydrogen-bond donors (Lipinski definition) is 2. The predicted octanol–water partition coefficient (Wildman–Crippen LogP) is 0.966. The number of esters is 1. The molecule has 0 spiro atoms. The number of piperazine rings is 1. The van der Waals surface area contributed by atoms with Crippen molar-refractivity contribution >= 4 is 11.8 Å². The molecule has 6 heteroatoms. The van der Waals surface area contributed by atoms with Crippen LogP contribution in [0.4, 0.5) is 5.82 Å². The Morgan fingerprint density at radius 1 is 1.43 bits per heavy atom. The van der Waals surface area contributed by atoms with E-state index in [4.69, 9.17) is 4.74 Å². The lowest BCUT2D eigenvalue weighted by Gasteiger charge is -2.27. The van der Waals surface area contributed by atoms with Crippen LogP contribution in [0.2, 0.25) is 0 Å². The molecule has 0 unspecified atom stereocenters. The van der Waals surface area contributed by atoms with Crippen molar-refractivity contribution in [3.05, 3.63) is 23.9 Å². The largest absolute Gasteiger partial charge is 0.462 e. The highest BCUT2D eigenvalue weighted by Gasteiger charge is 2.09.